The Morgan fingerprint density at radius 2 is 1.93 bits per heavy atom. The van der Waals surface area contributed by atoms with Gasteiger partial charge in [-0.15, -0.1) is 11.6 Å². The Hall–Kier alpha value is -0.490. The number of hydrogen-bond donors (Lipinski definition) is 0. The van der Waals surface area contributed by atoms with E-state index in [1.54, 1.807) is 0 Å². The summed E-state index contributed by atoms with van der Waals surface area (Å²) in [7, 11) is 0. The van der Waals surface area contributed by atoms with E-state index in [4.69, 9.17) is 11.6 Å². The van der Waals surface area contributed by atoms with Crippen molar-refractivity contribution in [2.75, 3.05) is 0 Å². The van der Waals surface area contributed by atoms with E-state index in [9.17, 15) is 0 Å². The molecule has 0 N–H and O–H groups in total. The first-order valence-electron chi connectivity index (χ1n) is 6.02. The van der Waals surface area contributed by atoms with Crippen molar-refractivity contribution in [2.24, 2.45) is 0 Å². The van der Waals surface area contributed by atoms with E-state index in [2.05, 4.69) is 31.2 Å². The number of rotatable bonds is 3. The molecule has 1 aromatic carbocycles. The Morgan fingerprint density at radius 1 is 1.20 bits per heavy atom. The van der Waals surface area contributed by atoms with Crippen molar-refractivity contribution in [3.05, 3.63) is 35.4 Å². The Labute approximate surface area is 97.6 Å². The molecule has 0 aromatic heterocycles. The van der Waals surface area contributed by atoms with Gasteiger partial charge in [0, 0.05) is 5.38 Å². The smallest absolute Gasteiger partial charge is 0.0342 e. The fourth-order valence-electron chi connectivity index (χ4n) is 2.47. The number of halogens is 1. The lowest BCUT2D eigenvalue weighted by Gasteiger charge is -2.10. The molecule has 0 spiro atoms. The van der Waals surface area contributed by atoms with Gasteiger partial charge in [-0.05, 0) is 42.7 Å². The molecule has 1 saturated carbocycles. The molecule has 0 amide bonds. The normalized spacial score (nSPS) is 25.7. The summed E-state index contributed by atoms with van der Waals surface area (Å²) in [6.45, 7) is 2.23. The van der Waals surface area contributed by atoms with Crippen LogP contribution in [0.3, 0.4) is 0 Å². The van der Waals surface area contributed by atoms with Gasteiger partial charge in [0.05, 0.1) is 0 Å². The number of alkyl halides is 1. The largest absolute Gasteiger partial charge is 0.123 e. The molecule has 1 aliphatic rings. The fourth-order valence-corrected chi connectivity index (χ4v) is 2.82. The van der Waals surface area contributed by atoms with Crippen molar-refractivity contribution in [3.8, 4) is 0 Å². The average molecular weight is 223 g/mol. The van der Waals surface area contributed by atoms with Crippen LogP contribution < -0.4 is 0 Å². The molecule has 0 radical (unpaired) electrons. The van der Waals surface area contributed by atoms with Gasteiger partial charge in [0.25, 0.3) is 0 Å². The first kappa shape index (κ1) is 11.0. The van der Waals surface area contributed by atoms with E-state index >= 15 is 0 Å². The molecule has 2 rings (SSSR count). The van der Waals surface area contributed by atoms with Gasteiger partial charge in [0.15, 0.2) is 0 Å². The molecule has 0 saturated heterocycles. The number of benzene rings is 1. The second-order valence-corrected chi connectivity index (χ2v) is 5.22. The maximum Gasteiger partial charge on any atom is 0.0342 e. The van der Waals surface area contributed by atoms with E-state index in [1.807, 2.05) is 0 Å². The quantitative estimate of drug-likeness (QED) is 0.660. The molecule has 82 valence electrons. The van der Waals surface area contributed by atoms with Gasteiger partial charge in [0.1, 0.15) is 0 Å². The highest BCUT2D eigenvalue weighted by Gasteiger charge is 2.23. The second-order valence-electron chi connectivity index (χ2n) is 4.60. The zero-order valence-corrected chi connectivity index (χ0v) is 10.1. The molecule has 1 aliphatic carbocycles. The molecule has 0 bridgehead atoms. The van der Waals surface area contributed by atoms with Crippen molar-refractivity contribution < 1.29 is 0 Å². The monoisotopic (exact) mass is 222 g/mol. The summed E-state index contributed by atoms with van der Waals surface area (Å²) in [6, 6.07) is 9.15. The number of hydrogen-bond acceptors (Lipinski definition) is 0. The van der Waals surface area contributed by atoms with E-state index in [-0.39, 0.29) is 0 Å². The van der Waals surface area contributed by atoms with Crippen LogP contribution in [0, 0.1) is 0 Å². The minimum absolute atomic E-state index is 0.408. The summed E-state index contributed by atoms with van der Waals surface area (Å²) in [6.07, 6.45) is 6.04. The van der Waals surface area contributed by atoms with E-state index in [0.717, 1.165) is 6.42 Å². The summed E-state index contributed by atoms with van der Waals surface area (Å²) >= 11 is 6.14. The molecular weight excluding hydrogens is 204 g/mol. The predicted molar refractivity (Wildman–Crippen MR) is 66.7 cm³/mol. The zero-order valence-electron chi connectivity index (χ0n) is 9.38. The van der Waals surface area contributed by atoms with Crippen molar-refractivity contribution in [3.63, 3.8) is 0 Å². The number of aryl methyl sites for hydroxylation is 1. The van der Waals surface area contributed by atoms with Crippen LogP contribution in [0.25, 0.3) is 0 Å². The van der Waals surface area contributed by atoms with Gasteiger partial charge in [-0.2, -0.15) is 0 Å². The van der Waals surface area contributed by atoms with Gasteiger partial charge in [-0.1, -0.05) is 37.6 Å². The van der Waals surface area contributed by atoms with Crippen LogP contribution in [-0.4, -0.2) is 5.38 Å². The SMILES string of the molecule is CCCc1ccc(C2CCC(Cl)C2)cc1. The molecule has 2 atom stereocenters. The maximum absolute atomic E-state index is 6.14. The summed E-state index contributed by atoms with van der Waals surface area (Å²) in [5.41, 5.74) is 2.94. The van der Waals surface area contributed by atoms with Gasteiger partial charge in [0.2, 0.25) is 0 Å². The Morgan fingerprint density at radius 3 is 2.47 bits per heavy atom. The van der Waals surface area contributed by atoms with Crippen molar-refractivity contribution in [2.45, 2.75) is 50.3 Å². The lowest BCUT2D eigenvalue weighted by atomic mass is 9.96. The molecule has 0 aliphatic heterocycles. The Kier molecular flexibility index (Phi) is 3.69. The van der Waals surface area contributed by atoms with Crippen LogP contribution in [0.15, 0.2) is 24.3 Å². The van der Waals surface area contributed by atoms with Crippen LogP contribution in [-0.2, 0) is 6.42 Å². The van der Waals surface area contributed by atoms with Crippen LogP contribution in [0.2, 0.25) is 0 Å². The first-order chi connectivity index (χ1) is 7.29. The molecule has 2 unspecified atom stereocenters. The van der Waals surface area contributed by atoms with Gasteiger partial charge in [-0.25, -0.2) is 0 Å². The lowest BCUT2D eigenvalue weighted by Crippen LogP contribution is -1.95. The highest BCUT2D eigenvalue weighted by atomic mass is 35.5. The molecular formula is C14H19Cl. The lowest BCUT2D eigenvalue weighted by molar-refractivity contribution is 0.723. The molecule has 15 heavy (non-hydrogen) atoms. The first-order valence-corrected chi connectivity index (χ1v) is 6.46. The van der Waals surface area contributed by atoms with E-state index < -0.39 is 0 Å². The second kappa shape index (κ2) is 5.03. The van der Waals surface area contributed by atoms with Crippen molar-refractivity contribution in [1.29, 1.82) is 0 Å². The van der Waals surface area contributed by atoms with Gasteiger partial charge >= 0.3 is 0 Å². The molecule has 1 aromatic rings. The minimum Gasteiger partial charge on any atom is -0.123 e. The standard InChI is InChI=1S/C14H19Cl/c1-2-3-11-4-6-12(7-5-11)13-8-9-14(15)10-13/h4-7,13-14H,2-3,8-10H2,1H3. The van der Waals surface area contributed by atoms with Crippen LogP contribution in [0.1, 0.15) is 49.7 Å². The third-order valence-corrected chi connectivity index (χ3v) is 3.75. The fraction of sp³-hybridized carbons (Fsp3) is 0.571. The molecule has 0 heterocycles. The highest BCUT2D eigenvalue weighted by Crippen LogP contribution is 2.37. The van der Waals surface area contributed by atoms with Gasteiger partial charge in [-0.3, -0.25) is 0 Å². The molecule has 0 nitrogen and oxygen atoms in total. The van der Waals surface area contributed by atoms with E-state index in [1.165, 1.54) is 36.8 Å². The van der Waals surface area contributed by atoms with Crippen LogP contribution >= 0.6 is 11.6 Å². The molecule has 1 fully saturated rings. The third-order valence-electron chi connectivity index (χ3n) is 3.36. The average Bonchev–Trinajstić information content (AvgIpc) is 2.67. The predicted octanol–water partition coefficient (Wildman–Crippen LogP) is 4.51. The zero-order chi connectivity index (χ0) is 10.7. The Balaban J connectivity index is 2.03. The van der Waals surface area contributed by atoms with Crippen molar-refractivity contribution in [1.82, 2.24) is 0 Å². The maximum atomic E-state index is 6.14. The van der Waals surface area contributed by atoms with Gasteiger partial charge < -0.3 is 0 Å². The summed E-state index contributed by atoms with van der Waals surface area (Å²) < 4.78 is 0. The van der Waals surface area contributed by atoms with E-state index in [0.29, 0.717) is 11.3 Å². The van der Waals surface area contributed by atoms with Crippen LogP contribution in [0.4, 0.5) is 0 Å². The summed E-state index contributed by atoms with van der Waals surface area (Å²) in [4.78, 5) is 0. The Bertz CT molecular complexity index is 302. The summed E-state index contributed by atoms with van der Waals surface area (Å²) in [5.74, 6) is 0.711. The highest BCUT2D eigenvalue weighted by molar-refractivity contribution is 6.20. The van der Waals surface area contributed by atoms with Crippen molar-refractivity contribution >= 4 is 11.6 Å². The summed E-state index contributed by atoms with van der Waals surface area (Å²) in [5, 5.41) is 0.408. The molecule has 1 heteroatoms. The van der Waals surface area contributed by atoms with Crippen LogP contribution in [0.5, 0.6) is 0 Å². The minimum atomic E-state index is 0.408. The third kappa shape index (κ3) is 2.75. The topological polar surface area (TPSA) is 0 Å².